The van der Waals surface area contributed by atoms with Crippen LogP contribution >= 0.6 is 0 Å². The lowest BCUT2D eigenvalue weighted by Gasteiger charge is -2.22. The van der Waals surface area contributed by atoms with Gasteiger partial charge in [0.05, 0.1) is 16.9 Å². The fraction of sp³-hybridized carbons (Fsp3) is 0.353. The second kappa shape index (κ2) is 7.09. The van der Waals surface area contributed by atoms with Gasteiger partial charge in [-0.1, -0.05) is 32.0 Å². The van der Waals surface area contributed by atoms with Gasteiger partial charge in [-0.25, -0.2) is 4.68 Å². The highest BCUT2D eigenvalue weighted by molar-refractivity contribution is 5.96. The summed E-state index contributed by atoms with van der Waals surface area (Å²) in [5.74, 6) is -1.14. The van der Waals surface area contributed by atoms with Gasteiger partial charge in [-0.2, -0.15) is 5.10 Å². The smallest absolute Gasteiger partial charge is 0.323 e. The van der Waals surface area contributed by atoms with Crippen molar-refractivity contribution in [1.82, 2.24) is 14.7 Å². The van der Waals surface area contributed by atoms with Crippen LogP contribution in [-0.2, 0) is 4.79 Å². The minimum atomic E-state index is -1.02. The monoisotopic (exact) mass is 315 g/mol. The molecular formula is C17H21N3O3. The van der Waals surface area contributed by atoms with Crippen LogP contribution in [0.2, 0.25) is 0 Å². The van der Waals surface area contributed by atoms with E-state index in [0.717, 1.165) is 5.69 Å². The molecule has 1 amide bonds. The number of aliphatic carboxylic acids is 1. The lowest BCUT2D eigenvalue weighted by atomic mass is 10.1. The summed E-state index contributed by atoms with van der Waals surface area (Å²) in [4.78, 5) is 25.1. The van der Waals surface area contributed by atoms with Crippen molar-refractivity contribution >= 4 is 11.9 Å². The molecule has 2 aromatic rings. The maximum absolute atomic E-state index is 12.7. The van der Waals surface area contributed by atoms with Gasteiger partial charge in [-0.15, -0.1) is 0 Å². The van der Waals surface area contributed by atoms with Gasteiger partial charge >= 0.3 is 5.97 Å². The number of benzene rings is 1. The van der Waals surface area contributed by atoms with E-state index < -0.39 is 5.97 Å². The number of rotatable bonds is 6. The molecule has 1 N–H and O–H groups in total. The van der Waals surface area contributed by atoms with E-state index in [-0.39, 0.29) is 18.4 Å². The van der Waals surface area contributed by atoms with Gasteiger partial charge in [-0.3, -0.25) is 9.59 Å². The van der Waals surface area contributed by atoms with Crippen molar-refractivity contribution in [3.63, 3.8) is 0 Å². The van der Waals surface area contributed by atoms with Gasteiger partial charge in [0.25, 0.3) is 5.91 Å². The first-order chi connectivity index (χ1) is 10.9. The molecule has 0 saturated carbocycles. The van der Waals surface area contributed by atoms with E-state index in [1.807, 2.05) is 44.2 Å². The van der Waals surface area contributed by atoms with Gasteiger partial charge < -0.3 is 10.0 Å². The van der Waals surface area contributed by atoms with Crippen molar-refractivity contribution < 1.29 is 14.7 Å². The minimum Gasteiger partial charge on any atom is -0.480 e. The Morgan fingerprint density at radius 2 is 1.91 bits per heavy atom. The van der Waals surface area contributed by atoms with Crippen LogP contribution in [0.3, 0.4) is 0 Å². The first-order valence-electron chi connectivity index (χ1n) is 7.51. The Hall–Kier alpha value is -2.63. The molecule has 0 spiro atoms. The highest BCUT2D eigenvalue weighted by Gasteiger charge is 2.23. The molecule has 1 aromatic heterocycles. The zero-order chi connectivity index (χ0) is 17.0. The number of nitrogens with zero attached hydrogens (tertiary/aromatic N) is 3. The molecule has 0 radical (unpaired) electrons. The fourth-order valence-electron chi connectivity index (χ4n) is 2.38. The Bertz CT molecular complexity index is 692. The summed E-state index contributed by atoms with van der Waals surface area (Å²) in [6.07, 6.45) is 1.65. The van der Waals surface area contributed by atoms with E-state index in [1.165, 1.54) is 4.90 Å². The number of hydrogen-bond acceptors (Lipinski definition) is 3. The Kier molecular flexibility index (Phi) is 5.16. The molecule has 122 valence electrons. The number of carboxylic acid groups (broad SMARTS) is 1. The Balaban J connectivity index is 2.30. The predicted octanol–water partition coefficient (Wildman–Crippen LogP) is 2.36. The average molecular weight is 315 g/mol. The van der Waals surface area contributed by atoms with Crippen molar-refractivity contribution in [1.29, 1.82) is 0 Å². The number of carboxylic acids is 1. The summed E-state index contributed by atoms with van der Waals surface area (Å²) in [7, 11) is 0. The Labute approximate surface area is 135 Å². The highest BCUT2D eigenvalue weighted by Crippen LogP contribution is 2.15. The first kappa shape index (κ1) is 16.7. The molecule has 1 heterocycles. The van der Waals surface area contributed by atoms with Crippen LogP contribution in [-0.4, -0.2) is 44.8 Å². The van der Waals surface area contributed by atoms with Crippen molar-refractivity contribution in [3.8, 4) is 5.69 Å². The molecule has 0 saturated heterocycles. The fourth-order valence-corrected chi connectivity index (χ4v) is 2.38. The molecule has 0 fully saturated rings. The van der Waals surface area contributed by atoms with Crippen molar-refractivity contribution in [2.24, 2.45) is 5.92 Å². The first-order valence-corrected chi connectivity index (χ1v) is 7.51. The summed E-state index contributed by atoms with van der Waals surface area (Å²) in [6, 6.07) is 9.48. The third-order valence-electron chi connectivity index (χ3n) is 3.35. The summed E-state index contributed by atoms with van der Waals surface area (Å²) in [5, 5.41) is 13.4. The molecule has 0 bridgehead atoms. The number of amides is 1. The van der Waals surface area contributed by atoms with Crippen LogP contribution in [0.1, 0.15) is 29.9 Å². The Morgan fingerprint density at radius 1 is 1.26 bits per heavy atom. The molecule has 6 nitrogen and oxygen atoms in total. The van der Waals surface area contributed by atoms with Crippen molar-refractivity contribution in [2.75, 3.05) is 13.1 Å². The quantitative estimate of drug-likeness (QED) is 0.888. The molecule has 2 rings (SSSR count). The number of para-hydroxylation sites is 1. The minimum absolute atomic E-state index is 0.183. The molecule has 6 heteroatoms. The van der Waals surface area contributed by atoms with E-state index in [4.69, 9.17) is 5.11 Å². The average Bonchev–Trinajstić information content (AvgIpc) is 2.88. The standard InChI is InChI=1S/C17H21N3O3/c1-12(2)9-19(11-16(21)22)17(23)15-10-20(18-13(15)3)14-7-5-4-6-8-14/h4-8,10,12H,9,11H2,1-3H3,(H,21,22). The second-order valence-corrected chi connectivity index (χ2v) is 5.88. The lowest BCUT2D eigenvalue weighted by Crippen LogP contribution is -2.38. The molecule has 1 aromatic carbocycles. The van der Waals surface area contributed by atoms with Crippen LogP contribution < -0.4 is 0 Å². The summed E-state index contributed by atoms with van der Waals surface area (Å²) in [6.45, 7) is 5.72. The number of aromatic nitrogens is 2. The predicted molar refractivity (Wildman–Crippen MR) is 86.7 cm³/mol. The van der Waals surface area contributed by atoms with Gasteiger partial charge in [0.1, 0.15) is 6.54 Å². The zero-order valence-corrected chi connectivity index (χ0v) is 13.6. The van der Waals surface area contributed by atoms with Crippen LogP contribution in [0.25, 0.3) is 5.69 Å². The zero-order valence-electron chi connectivity index (χ0n) is 13.6. The van der Waals surface area contributed by atoms with E-state index in [9.17, 15) is 9.59 Å². The normalized spacial score (nSPS) is 10.8. The van der Waals surface area contributed by atoms with Crippen LogP contribution in [0.5, 0.6) is 0 Å². The van der Waals surface area contributed by atoms with Crippen molar-refractivity contribution in [3.05, 3.63) is 47.8 Å². The number of hydrogen-bond donors (Lipinski definition) is 1. The molecule has 0 unspecified atom stereocenters. The topological polar surface area (TPSA) is 75.4 Å². The van der Waals surface area contributed by atoms with Crippen molar-refractivity contribution in [2.45, 2.75) is 20.8 Å². The number of carbonyl (C=O) groups excluding carboxylic acids is 1. The van der Waals surface area contributed by atoms with Crippen LogP contribution in [0.15, 0.2) is 36.5 Å². The summed E-state index contributed by atoms with van der Waals surface area (Å²) in [5.41, 5.74) is 1.86. The third kappa shape index (κ3) is 4.18. The van der Waals surface area contributed by atoms with E-state index in [2.05, 4.69) is 5.10 Å². The molecule has 0 aliphatic rings. The molecule has 0 atom stereocenters. The van der Waals surface area contributed by atoms with Gasteiger partial charge in [0, 0.05) is 12.7 Å². The largest absolute Gasteiger partial charge is 0.480 e. The van der Waals surface area contributed by atoms with E-state index >= 15 is 0 Å². The molecular weight excluding hydrogens is 294 g/mol. The van der Waals surface area contributed by atoms with Gasteiger partial charge in [-0.05, 0) is 25.0 Å². The SMILES string of the molecule is Cc1nn(-c2ccccc2)cc1C(=O)N(CC(=O)O)CC(C)C. The van der Waals surface area contributed by atoms with E-state index in [0.29, 0.717) is 17.8 Å². The maximum atomic E-state index is 12.7. The third-order valence-corrected chi connectivity index (χ3v) is 3.35. The van der Waals surface area contributed by atoms with Gasteiger partial charge in [0.2, 0.25) is 0 Å². The molecule has 23 heavy (non-hydrogen) atoms. The Morgan fingerprint density at radius 3 is 2.48 bits per heavy atom. The van der Waals surface area contributed by atoms with Crippen LogP contribution in [0.4, 0.5) is 0 Å². The summed E-state index contributed by atoms with van der Waals surface area (Å²) >= 11 is 0. The highest BCUT2D eigenvalue weighted by atomic mass is 16.4. The molecule has 0 aliphatic heterocycles. The van der Waals surface area contributed by atoms with E-state index in [1.54, 1.807) is 17.8 Å². The summed E-state index contributed by atoms with van der Waals surface area (Å²) < 4.78 is 1.64. The lowest BCUT2D eigenvalue weighted by molar-refractivity contribution is -0.137. The second-order valence-electron chi connectivity index (χ2n) is 5.88. The number of aryl methyl sites for hydroxylation is 1. The van der Waals surface area contributed by atoms with Gasteiger partial charge in [0.15, 0.2) is 0 Å². The number of carbonyl (C=O) groups is 2. The maximum Gasteiger partial charge on any atom is 0.323 e. The van der Waals surface area contributed by atoms with Crippen LogP contribution in [0, 0.1) is 12.8 Å². The molecule has 0 aliphatic carbocycles.